The molecular formula is C40H17F3N6O4S4. The lowest BCUT2D eigenvalue weighted by Gasteiger charge is -2.08. The van der Waals surface area contributed by atoms with Gasteiger partial charge in [-0.25, -0.2) is 14.4 Å². The number of alkyl halides is 3. The van der Waals surface area contributed by atoms with E-state index in [9.17, 15) is 27.6 Å². The maximum Gasteiger partial charge on any atom is 0.419 e. The van der Waals surface area contributed by atoms with Crippen molar-refractivity contribution in [3.05, 3.63) is 128 Å². The third-order valence-corrected chi connectivity index (χ3v) is 13.5. The molecule has 0 saturated heterocycles. The molecule has 0 unspecified atom stereocenters. The Balaban J connectivity index is 1.10. The Hall–Kier alpha value is -6.27. The highest BCUT2D eigenvalue weighted by atomic mass is 32.1. The van der Waals surface area contributed by atoms with Crippen molar-refractivity contribution in [1.82, 2.24) is 22.1 Å². The van der Waals surface area contributed by atoms with Crippen LogP contribution >= 0.6 is 46.1 Å². The average molecular weight is 831 g/mol. The highest BCUT2D eigenvalue weighted by Gasteiger charge is 2.31. The van der Waals surface area contributed by atoms with Crippen molar-refractivity contribution < 1.29 is 22.7 Å². The molecule has 0 bridgehead atoms. The summed E-state index contributed by atoms with van der Waals surface area (Å²) in [6.45, 7) is 0.108. The summed E-state index contributed by atoms with van der Waals surface area (Å²) in [5.41, 5.74) is 2.11. The van der Waals surface area contributed by atoms with Crippen LogP contribution in [-0.4, -0.2) is 28.2 Å². The van der Waals surface area contributed by atoms with Crippen molar-refractivity contribution in [2.24, 2.45) is 4.99 Å². The van der Waals surface area contributed by atoms with Crippen LogP contribution in [0.3, 0.4) is 0 Å². The van der Waals surface area contributed by atoms with Crippen molar-refractivity contribution in [1.29, 1.82) is 0 Å². The van der Waals surface area contributed by atoms with Gasteiger partial charge in [0, 0.05) is 42.1 Å². The molecule has 17 heteroatoms. The van der Waals surface area contributed by atoms with Gasteiger partial charge in [0.25, 0.3) is 5.43 Å². The van der Waals surface area contributed by atoms with Gasteiger partial charge >= 0.3 is 12.3 Å². The van der Waals surface area contributed by atoms with Gasteiger partial charge in [-0.3, -0.25) is 9.59 Å². The zero-order valence-corrected chi connectivity index (χ0v) is 31.7. The number of halogens is 3. The van der Waals surface area contributed by atoms with E-state index < -0.39 is 28.7 Å². The van der Waals surface area contributed by atoms with E-state index in [0.717, 1.165) is 76.6 Å². The van der Waals surface area contributed by atoms with Crippen LogP contribution < -0.4 is 16.2 Å². The van der Waals surface area contributed by atoms with Crippen LogP contribution in [0, 0.1) is 0 Å². The van der Waals surface area contributed by atoms with Gasteiger partial charge in [0.05, 0.1) is 55.1 Å². The Morgan fingerprint density at radius 3 is 2.23 bits per heavy atom. The summed E-state index contributed by atoms with van der Waals surface area (Å²) in [6.07, 6.45) is -5.19. The van der Waals surface area contributed by atoms with Crippen LogP contribution in [0.1, 0.15) is 11.1 Å². The van der Waals surface area contributed by atoms with Crippen molar-refractivity contribution in [2.45, 2.75) is 12.8 Å². The monoisotopic (exact) mass is 830 g/mol. The Morgan fingerprint density at radius 2 is 1.42 bits per heavy atom. The van der Waals surface area contributed by atoms with E-state index in [1.54, 1.807) is 22.0 Å². The number of ether oxygens (including phenoxy) is 1. The number of fused-ring (bicyclic) bond motifs is 11. The molecule has 0 aliphatic rings. The quantitative estimate of drug-likeness (QED) is 0.160. The molecule has 0 N–H and O–H groups in total. The first-order chi connectivity index (χ1) is 27.6. The van der Waals surface area contributed by atoms with Gasteiger partial charge in [-0.15, -0.1) is 22.7 Å². The lowest BCUT2D eigenvalue weighted by molar-refractivity contribution is -0.137. The fourth-order valence-corrected chi connectivity index (χ4v) is 11.0. The molecule has 11 rings (SSSR count). The van der Waals surface area contributed by atoms with Crippen LogP contribution in [0.2, 0.25) is 0 Å². The van der Waals surface area contributed by atoms with E-state index in [1.807, 2.05) is 66.7 Å². The summed E-state index contributed by atoms with van der Waals surface area (Å²) in [5.74, 6) is 0. The minimum atomic E-state index is -4.70. The van der Waals surface area contributed by atoms with Crippen LogP contribution in [0.5, 0.6) is 0 Å². The molecular weight excluding hydrogens is 814 g/mol. The Labute approximate surface area is 331 Å². The third kappa shape index (κ3) is 5.12. The van der Waals surface area contributed by atoms with Crippen LogP contribution in [0.25, 0.3) is 84.6 Å². The molecule has 6 aromatic carbocycles. The summed E-state index contributed by atoms with van der Waals surface area (Å²) in [4.78, 5) is 45.4. The van der Waals surface area contributed by atoms with Crippen LogP contribution in [-0.2, 0) is 17.5 Å². The lowest BCUT2D eigenvalue weighted by Crippen LogP contribution is -2.30. The minimum absolute atomic E-state index is 0.00999. The first-order valence-electron chi connectivity index (χ1n) is 17.0. The maximum atomic E-state index is 14.0. The molecule has 0 spiro atoms. The summed E-state index contributed by atoms with van der Waals surface area (Å²) < 4.78 is 69.2. The molecule has 5 aromatic heterocycles. The normalized spacial score (nSPS) is 12.9. The molecule has 0 aliphatic heterocycles. The number of carbonyl (C=O) groups excluding carboxylic acids is 1. The predicted molar refractivity (Wildman–Crippen MR) is 219 cm³/mol. The molecule has 0 fully saturated rings. The smallest absolute Gasteiger partial charge is 0.419 e. The average Bonchev–Trinajstić information content (AvgIpc) is 4.07. The maximum absolute atomic E-state index is 14.0. The number of aromatic nitrogens is 5. The van der Waals surface area contributed by atoms with Crippen LogP contribution in [0.4, 0.5) is 23.7 Å². The summed E-state index contributed by atoms with van der Waals surface area (Å²) in [6, 6.07) is 25.6. The minimum Gasteiger partial charge on any atom is -0.444 e. The van der Waals surface area contributed by atoms with Gasteiger partial charge < -0.3 is 4.74 Å². The lowest BCUT2D eigenvalue weighted by atomic mass is 10.0. The first kappa shape index (κ1) is 34.0. The van der Waals surface area contributed by atoms with E-state index in [1.165, 1.54) is 11.3 Å². The molecule has 0 atom stereocenters. The number of rotatable bonds is 4. The van der Waals surface area contributed by atoms with Gasteiger partial charge in [-0.1, -0.05) is 54.6 Å². The number of thiophene rings is 2. The molecule has 0 saturated carbocycles. The van der Waals surface area contributed by atoms with Gasteiger partial charge in [0.1, 0.15) is 34.0 Å². The molecule has 276 valence electrons. The van der Waals surface area contributed by atoms with Gasteiger partial charge in [0.15, 0.2) is 0 Å². The number of carbonyl (C=O) groups is 1. The topological polar surface area (TPSA) is 129 Å². The Morgan fingerprint density at radius 1 is 0.702 bits per heavy atom. The molecule has 0 radical (unpaired) electrons. The van der Waals surface area contributed by atoms with Crippen molar-refractivity contribution in [3.8, 4) is 10.4 Å². The Kier molecular flexibility index (Phi) is 7.38. The summed E-state index contributed by atoms with van der Waals surface area (Å²) >= 11 is 5.07. The fourth-order valence-electron chi connectivity index (χ4n) is 7.36. The standard InChI is InChI=1S/C40H17F3N6O4S4/c41-40(42,43)18-10-11-19-23(12-18)35(50)36(51)32(19)44-25-14-22-21(30-33(25)48-57-46-30)13-24(31-29(22)45-56-47-31)28-15-26-37(55-28)38-34(20-8-4-5-9-27(20)54-38)49(26)39(52)53-16-17-6-2-1-3-7-17/h1-15H,16H2/b44-32-. The van der Waals surface area contributed by atoms with E-state index in [-0.39, 0.29) is 28.4 Å². The third-order valence-electron chi connectivity index (χ3n) is 9.95. The summed E-state index contributed by atoms with van der Waals surface area (Å²) in [5, 5.41) is 1.61. The second-order valence-electron chi connectivity index (χ2n) is 13.2. The predicted octanol–water partition coefficient (Wildman–Crippen LogP) is 10.1. The van der Waals surface area contributed by atoms with E-state index >= 15 is 0 Å². The zero-order valence-electron chi connectivity index (χ0n) is 28.5. The van der Waals surface area contributed by atoms with Crippen molar-refractivity contribution in [2.75, 3.05) is 0 Å². The fraction of sp³-hybridized carbons (Fsp3) is 0.0500. The highest BCUT2D eigenvalue weighted by molar-refractivity contribution is 7.32. The number of hydrogen-bond donors (Lipinski definition) is 0. The number of hydrogen-bond acceptors (Lipinski definition) is 13. The SMILES string of the molecule is O=C(OCc1ccccc1)n1c2cc(-c3cc4c(cc(/N=c5\c(=O)c(=O)c6cc(C(F)(F)F)ccc56)c5nsnc54)c4nsnc34)sc2c2sc3ccccc3c21. The molecule has 5 heterocycles. The number of benzene rings is 5. The molecule has 10 nitrogen and oxygen atoms in total. The van der Waals surface area contributed by atoms with Gasteiger partial charge in [0.2, 0.25) is 5.43 Å². The summed E-state index contributed by atoms with van der Waals surface area (Å²) in [7, 11) is 0. The first-order valence-corrected chi connectivity index (χ1v) is 20.1. The zero-order chi connectivity index (χ0) is 38.7. The van der Waals surface area contributed by atoms with E-state index in [4.69, 9.17) is 4.74 Å². The van der Waals surface area contributed by atoms with Crippen LogP contribution in [0.15, 0.2) is 106 Å². The molecule has 11 aromatic rings. The van der Waals surface area contributed by atoms with Crippen molar-refractivity contribution >= 4 is 132 Å². The second-order valence-corrected chi connectivity index (χ2v) is 16.4. The largest absolute Gasteiger partial charge is 0.444 e. The molecule has 0 amide bonds. The molecule has 0 aliphatic carbocycles. The molecule has 57 heavy (non-hydrogen) atoms. The van der Waals surface area contributed by atoms with E-state index in [2.05, 4.69) is 22.5 Å². The second kappa shape index (κ2) is 12.4. The van der Waals surface area contributed by atoms with E-state index in [0.29, 0.717) is 44.4 Å². The number of nitrogens with zero attached hydrogens (tertiary/aromatic N) is 6. The van der Waals surface area contributed by atoms with Gasteiger partial charge in [-0.2, -0.15) is 30.7 Å². The van der Waals surface area contributed by atoms with Crippen molar-refractivity contribution in [3.63, 3.8) is 0 Å². The van der Waals surface area contributed by atoms with Gasteiger partial charge in [-0.05, 0) is 42.0 Å². The highest BCUT2D eigenvalue weighted by Crippen LogP contribution is 2.48. The Bertz CT molecular complexity index is 3670.